The predicted molar refractivity (Wildman–Crippen MR) is 70.8 cm³/mol. The Morgan fingerprint density at radius 2 is 1.74 bits per heavy atom. The van der Waals surface area contributed by atoms with Gasteiger partial charge in [-0.3, -0.25) is 0 Å². The maximum atomic E-state index is 12.7. The van der Waals surface area contributed by atoms with Crippen molar-refractivity contribution < 1.29 is 13.2 Å². The van der Waals surface area contributed by atoms with E-state index in [1.165, 1.54) is 6.07 Å². The van der Waals surface area contributed by atoms with Crippen molar-refractivity contribution in [3.63, 3.8) is 0 Å². The Morgan fingerprint density at radius 1 is 1.11 bits per heavy atom. The minimum atomic E-state index is -4.36. The van der Waals surface area contributed by atoms with Crippen molar-refractivity contribution >= 4 is 17.3 Å². The molecular weight excluding hydrogens is 277 g/mol. The van der Waals surface area contributed by atoms with E-state index in [9.17, 15) is 13.2 Å². The maximum Gasteiger partial charge on any atom is 0.416 e. The summed E-state index contributed by atoms with van der Waals surface area (Å²) in [5.41, 5.74) is -0.136. The Morgan fingerprint density at radius 3 is 2.26 bits per heavy atom. The molecule has 1 aromatic carbocycles. The third-order valence-corrected chi connectivity index (χ3v) is 3.61. The smallest absolute Gasteiger partial charge is 0.369 e. The summed E-state index contributed by atoms with van der Waals surface area (Å²) in [5, 5.41) is 0.128. The highest BCUT2D eigenvalue weighted by molar-refractivity contribution is 6.30. The first-order valence-electron chi connectivity index (χ1n) is 6.25. The van der Waals surface area contributed by atoms with E-state index < -0.39 is 11.7 Å². The molecule has 2 rings (SSSR count). The van der Waals surface area contributed by atoms with Crippen LogP contribution in [0.5, 0.6) is 0 Å². The zero-order valence-electron chi connectivity index (χ0n) is 10.7. The van der Waals surface area contributed by atoms with Gasteiger partial charge in [0.15, 0.2) is 0 Å². The van der Waals surface area contributed by atoms with Crippen molar-refractivity contribution in [2.24, 2.45) is 0 Å². The topological polar surface area (TPSA) is 6.48 Å². The van der Waals surface area contributed by atoms with Crippen molar-refractivity contribution in [2.75, 3.05) is 37.6 Å². The van der Waals surface area contributed by atoms with E-state index >= 15 is 0 Å². The molecule has 0 spiro atoms. The zero-order valence-corrected chi connectivity index (χ0v) is 11.4. The van der Waals surface area contributed by atoms with Gasteiger partial charge in [-0.25, -0.2) is 0 Å². The molecule has 1 aromatic rings. The van der Waals surface area contributed by atoms with Gasteiger partial charge in [0.2, 0.25) is 0 Å². The van der Waals surface area contributed by atoms with Gasteiger partial charge in [-0.05, 0) is 24.7 Å². The summed E-state index contributed by atoms with van der Waals surface area (Å²) in [5.74, 6) is 0. The van der Waals surface area contributed by atoms with Crippen LogP contribution >= 0.6 is 11.6 Å². The molecule has 6 heteroatoms. The average Bonchev–Trinajstić information content (AvgIpc) is 2.37. The van der Waals surface area contributed by atoms with E-state index in [0.717, 1.165) is 38.8 Å². The molecule has 106 valence electrons. The maximum absolute atomic E-state index is 12.7. The molecule has 0 N–H and O–H groups in total. The number of piperazine rings is 1. The van der Waals surface area contributed by atoms with Crippen LogP contribution in [0.25, 0.3) is 0 Å². The van der Waals surface area contributed by atoms with Crippen molar-refractivity contribution in [1.82, 2.24) is 4.90 Å². The highest BCUT2D eigenvalue weighted by Crippen LogP contribution is 2.34. The van der Waals surface area contributed by atoms with Crippen molar-refractivity contribution in [1.29, 1.82) is 0 Å². The fraction of sp³-hybridized carbons (Fsp3) is 0.538. The Hall–Kier alpha value is -0.940. The second-order valence-electron chi connectivity index (χ2n) is 4.62. The van der Waals surface area contributed by atoms with Crippen LogP contribution < -0.4 is 4.90 Å². The molecule has 19 heavy (non-hydrogen) atoms. The summed E-state index contributed by atoms with van der Waals surface area (Å²) in [7, 11) is 0. The molecule has 0 aliphatic carbocycles. The van der Waals surface area contributed by atoms with Crippen LogP contribution in [-0.4, -0.2) is 37.6 Å². The van der Waals surface area contributed by atoms with Gasteiger partial charge in [-0.15, -0.1) is 0 Å². The first-order chi connectivity index (χ1) is 8.90. The van der Waals surface area contributed by atoms with E-state index in [1.807, 2.05) is 4.90 Å². The van der Waals surface area contributed by atoms with Crippen LogP contribution in [-0.2, 0) is 6.18 Å². The second kappa shape index (κ2) is 5.59. The molecule has 0 saturated carbocycles. The number of rotatable bonds is 2. The fourth-order valence-corrected chi connectivity index (χ4v) is 2.47. The lowest BCUT2D eigenvalue weighted by Crippen LogP contribution is -2.46. The van der Waals surface area contributed by atoms with Gasteiger partial charge in [0.25, 0.3) is 0 Å². The molecule has 1 aliphatic rings. The van der Waals surface area contributed by atoms with E-state index in [4.69, 9.17) is 11.6 Å². The number of hydrogen-bond acceptors (Lipinski definition) is 2. The van der Waals surface area contributed by atoms with Crippen LogP contribution in [0.3, 0.4) is 0 Å². The predicted octanol–water partition coefficient (Wildman–Crippen LogP) is 3.50. The lowest BCUT2D eigenvalue weighted by molar-refractivity contribution is -0.137. The normalized spacial score (nSPS) is 17.8. The first kappa shape index (κ1) is 14.5. The molecule has 1 heterocycles. The molecule has 1 fully saturated rings. The second-order valence-corrected chi connectivity index (χ2v) is 5.05. The SMILES string of the molecule is CCN1CCN(c2cc(Cl)cc(C(F)(F)F)c2)CC1. The highest BCUT2D eigenvalue weighted by atomic mass is 35.5. The number of nitrogens with zero attached hydrogens (tertiary/aromatic N) is 2. The minimum absolute atomic E-state index is 0.128. The molecular formula is C13H16ClF3N2. The van der Waals surface area contributed by atoms with Gasteiger partial charge in [0, 0.05) is 36.9 Å². The molecule has 0 bridgehead atoms. The van der Waals surface area contributed by atoms with Crippen LogP contribution in [0.2, 0.25) is 5.02 Å². The summed E-state index contributed by atoms with van der Waals surface area (Å²) >= 11 is 5.79. The quantitative estimate of drug-likeness (QED) is 0.823. The number of benzene rings is 1. The Labute approximate surface area is 115 Å². The number of likely N-dealkylation sites (N-methyl/N-ethyl adjacent to an activating group) is 1. The molecule has 0 amide bonds. The van der Waals surface area contributed by atoms with Gasteiger partial charge in [0.1, 0.15) is 0 Å². The van der Waals surface area contributed by atoms with E-state index in [0.29, 0.717) is 5.69 Å². The summed E-state index contributed by atoms with van der Waals surface area (Å²) < 4.78 is 38.2. The molecule has 0 atom stereocenters. The molecule has 0 radical (unpaired) electrons. The first-order valence-corrected chi connectivity index (χ1v) is 6.63. The highest BCUT2D eigenvalue weighted by Gasteiger charge is 2.31. The van der Waals surface area contributed by atoms with Crippen LogP contribution in [0, 0.1) is 0 Å². The monoisotopic (exact) mass is 292 g/mol. The van der Waals surface area contributed by atoms with Gasteiger partial charge >= 0.3 is 6.18 Å². The van der Waals surface area contributed by atoms with Crippen LogP contribution in [0.4, 0.5) is 18.9 Å². The summed E-state index contributed by atoms with van der Waals surface area (Å²) in [6.07, 6.45) is -4.36. The Balaban J connectivity index is 2.19. The number of anilines is 1. The number of alkyl halides is 3. The summed E-state index contributed by atoms with van der Waals surface area (Å²) in [4.78, 5) is 4.22. The van der Waals surface area contributed by atoms with Crippen molar-refractivity contribution in [3.05, 3.63) is 28.8 Å². The summed E-state index contributed by atoms with van der Waals surface area (Å²) in [6.45, 7) is 6.24. The van der Waals surface area contributed by atoms with E-state index in [1.54, 1.807) is 6.07 Å². The fourth-order valence-electron chi connectivity index (χ4n) is 2.24. The average molecular weight is 293 g/mol. The van der Waals surface area contributed by atoms with Crippen molar-refractivity contribution in [3.8, 4) is 0 Å². The lowest BCUT2D eigenvalue weighted by Gasteiger charge is -2.35. The van der Waals surface area contributed by atoms with E-state index in [-0.39, 0.29) is 5.02 Å². The van der Waals surface area contributed by atoms with Gasteiger partial charge in [-0.1, -0.05) is 18.5 Å². The number of hydrogen-bond donors (Lipinski definition) is 0. The molecule has 0 aromatic heterocycles. The van der Waals surface area contributed by atoms with E-state index in [2.05, 4.69) is 11.8 Å². The third-order valence-electron chi connectivity index (χ3n) is 3.39. The zero-order chi connectivity index (χ0) is 14.0. The van der Waals surface area contributed by atoms with Gasteiger partial charge < -0.3 is 9.80 Å². The van der Waals surface area contributed by atoms with Gasteiger partial charge in [-0.2, -0.15) is 13.2 Å². The molecule has 0 unspecified atom stereocenters. The lowest BCUT2D eigenvalue weighted by atomic mass is 10.1. The number of halogens is 4. The third kappa shape index (κ3) is 3.54. The molecule has 1 aliphatic heterocycles. The largest absolute Gasteiger partial charge is 0.416 e. The Kier molecular flexibility index (Phi) is 4.26. The summed E-state index contributed by atoms with van der Waals surface area (Å²) in [6, 6.07) is 3.74. The van der Waals surface area contributed by atoms with Crippen molar-refractivity contribution in [2.45, 2.75) is 13.1 Å². The standard InChI is InChI=1S/C13H16ClF3N2/c1-2-18-3-5-19(6-4-18)12-8-10(13(15,16)17)7-11(14)9-12/h7-9H,2-6H2,1H3. The Bertz CT molecular complexity index is 440. The van der Waals surface area contributed by atoms with Crippen LogP contribution in [0.1, 0.15) is 12.5 Å². The minimum Gasteiger partial charge on any atom is -0.369 e. The molecule has 2 nitrogen and oxygen atoms in total. The van der Waals surface area contributed by atoms with Gasteiger partial charge in [0.05, 0.1) is 5.56 Å². The molecule has 1 saturated heterocycles. The van der Waals surface area contributed by atoms with Crippen LogP contribution in [0.15, 0.2) is 18.2 Å².